The fourth-order valence-electron chi connectivity index (χ4n) is 1.75. The number of hydrogen-bond acceptors (Lipinski definition) is 2. The largest absolute Gasteiger partial charge is 0.457 e. The zero-order valence-electron chi connectivity index (χ0n) is 9.31. The Labute approximate surface area is 126 Å². The molecule has 0 saturated carbocycles. The van der Waals surface area contributed by atoms with Crippen LogP contribution >= 0.6 is 43.5 Å². The number of benzene rings is 1. The molecule has 6 heteroatoms. The van der Waals surface area contributed by atoms with Crippen molar-refractivity contribution < 1.29 is 8.81 Å². The maximum Gasteiger partial charge on any atom is 0.174 e. The first-order valence-corrected chi connectivity index (χ1v) is 7.06. The lowest BCUT2D eigenvalue weighted by atomic mass is 10.0. The monoisotopic (exact) mass is 395 g/mol. The van der Waals surface area contributed by atoms with Crippen molar-refractivity contribution in [3.63, 3.8) is 0 Å². The minimum Gasteiger partial charge on any atom is -0.457 e. The number of nitrogens with one attached hydrogen (secondary N) is 1. The highest BCUT2D eigenvalue weighted by Gasteiger charge is 2.22. The molecule has 0 aliphatic heterocycles. The molecule has 18 heavy (non-hydrogen) atoms. The van der Waals surface area contributed by atoms with E-state index in [9.17, 15) is 4.39 Å². The van der Waals surface area contributed by atoms with E-state index in [-0.39, 0.29) is 11.1 Å². The average molecular weight is 397 g/mol. The second kappa shape index (κ2) is 5.74. The molecule has 1 aromatic heterocycles. The lowest BCUT2D eigenvalue weighted by Gasteiger charge is -2.17. The third-order valence-electron chi connectivity index (χ3n) is 2.62. The first-order chi connectivity index (χ1) is 8.56. The maximum absolute atomic E-state index is 14.2. The van der Waals surface area contributed by atoms with Gasteiger partial charge in [0.15, 0.2) is 4.67 Å². The lowest BCUT2D eigenvalue weighted by molar-refractivity contribution is 0.525. The molecule has 1 unspecified atom stereocenters. The van der Waals surface area contributed by atoms with Crippen LogP contribution in [0.15, 0.2) is 38.0 Å². The molecule has 1 aromatic carbocycles. The number of halogens is 4. The Morgan fingerprint density at radius 3 is 2.56 bits per heavy atom. The molecule has 0 fully saturated rings. The second-order valence-electron chi connectivity index (χ2n) is 3.64. The van der Waals surface area contributed by atoms with Crippen molar-refractivity contribution in [2.45, 2.75) is 6.04 Å². The van der Waals surface area contributed by atoms with Crippen LogP contribution in [0.4, 0.5) is 4.39 Å². The molecule has 1 N–H and O–H groups in total. The first kappa shape index (κ1) is 14.1. The molecule has 0 bridgehead atoms. The van der Waals surface area contributed by atoms with Gasteiger partial charge in [-0.25, -0.2) is 4.39 Å². The first-order valence-electron chi connectivity index (χ1n) is 5.09. The van der Waals surface area contributed by atoms with Crippen LogP contribution in [0.2, 0.25) is 5.02 Å². The van der Waals surface area contributed by atoms with Gasteiger partial charge in [-0.1, -0.05) is 17.7 Å². The van der Waals surface area contributed by atoms with Gasteiger partial charge in [-0.2, -0.15) is 0 Å². The Kier molecular flexibility index (Phi) is 4.48. The van der Waals surface area contributed by atoms with E-state index in [1.165, 1.54) is 0 Å². The molecule has 0 aliphatic carbocycles. The average Bonchev–Trinajstić information content (AvgIpc) is 2.77. The van der Waals surface area contributed by atoms with Gasteiger partial charge in [0.05, 0.1) is 17.3 Å². The van der Waals surface area contributed by atoms with E-state index in [0.29, 0.717) is 14.7 Å². The number of rotatable bonds is 3. The van der Waals surface area contributed by atoms with E-state index in [1.807, 2.05) is 0 Å². The van der Waals surface area contributed by atoms with Crippen LogP contribution < -0.4 is 5.32 Å². The summed E-state index contributed by atoms with van der Waals surface area (Å²) in [7, 11) is 1.75. The smallest absolute Gasteiger partial charge is 0.174 e. The van der Waals surface area contributed by atoms with Crippen LogP contribution in [0, 0.1) is 5.82 Å². The van der Waals surface area contributed by atoms with Crippen molar-refractivity contribution in [3.8, 4) is 0 Å². The van der Waals surface area contributed by atoms with E-state index >= 15 is 0 Å². The molecule has 0 saturated heterocycles. The lowest BCUT2D eigenvalue weighted by Crippen LogP contribution is -2.19. The molecule has 2 rings (SSSR count). The van der Waals surface area contributed by atoms with Crippen molar-refractivity contribution in [1.82, 2.24) is 5.32 Å². The molecule has 96 valence electrons. The van der Waals surface area contributed by atoms with Gasteiger partial charge in [-0.05, 0) is 51.0 Å². The Morgan fingerprint density at radius 1 is 1.28 bits per heavy atom. The minimum absolute atomic E-state index is 0.0763. The van der Waals surface area contributed by atoms with Crippen molar-refractivity contribution in [2.75, 3.05) is 7.05 Å². The third kappa shape index (κ3) is 2.50. The number of furan rings is 1. The van der Waals surface area contributed by atoms with Gasteiger partial charge in [0.1, 0.15) is 5.82 Å². The SMILES string of the molecule is CNC(c1ccoc1Br)c1ccc(Br)c(Cl)c1F. The standard InChI is InChI=1S/C12H9Br2ClFNO/c1-17-11(7-4-5-18-12(7)14)6-2-3-8(13)9(15)10(6)16/h2-5,11,17H,1H3. The summed E-state index contributed by atoms with van der Waals surface area (Å²) in [5.41, 5.74) is 1.28. The quantitative estimate of drug-likeness (QED) is 0.745. The van der Waals surface area contributed by atoms with Gasteiger partial charge in [0.2, 0.25) is 0 Å². The molecule has 2 aromatic rings. The molecule has 0 radical (unpaired) electrons. The normalized spacial score (nSPS) is 12.7. The van der Waals surface area contributed by atoms with E-state index in [0.717, 1.165) is 5.56 Å². The fourth-order valence-corrected chi connectivity index (χ4v) is 2.70. The summed E-state index contributed by atoms with van der Waals surface area (Å²) in [4.78, 5) is 0. The van der Waals surface area contributed by atoms with Gasteiger partial charge in [0, 0.05) is 15.6 Å². The topological polar surface area (TPSA) is 25.2 Å². The van der Waals surface area contributed by atoms with Crippen LogP contribution in [0.3, 0.4) is 0 Å². The van der Waals surface area contributed by atoms with Crippen molar-refractivity contribution >= 4 is 43.5 Å². The highest BCUT2D eigenvalue weighted by Crippen LogP contribution is 2.35. The number of hydrogen-bond donors (Lipinski definition) is 1. The van der Waals surface area contributed by atoms with Gasteiger partial charge in [-0.15, -0.1) is 0 Å². The summed E-state index contributed by atoms with van der Waals surface area (Å²) in [5.74, 6) is -0.446. The van der Waals surface area contributed by atoms with Gasteiger partial charge in [0.25, 0.3) is 0 Å². The zero-order chi connectivity index (χ0) is 13.3. The van der Waals surface area contributed by atoms with Gasteiger partial charge >= 0.3 is 0 Å². The molecule has 0 amide bonds. The molecule has 1 heterocycles. The molecule has 1 atom stereocenters. The van der Waals surface area contributed by atoms with Crippen LogP contribution in [-0.2, 0) is 0 Å². The van der Waals surface area contributed by atoms with Crippen LogP contribution in [0.5, 0.6) is 0 Å². The summed E-state index contributed by atoms with van der Waals surface area (Å²) in [6.07, 6.45) is 1.54. The van der Waals surface area contributed by atoms with E-state index in [1.54, 1.807) is 31.5 Å². The maximum atomic E-state index is 14.2. The Balaban J connectivity index is 2.53. The molecular weight excluding hydrogens is 388 g/mol. The fraction of sp³-hybridized carbons (Fsp3) is 0.167. The van der Waals surface area contributed by atoms with Gasteiger partial charge < -0.3 is 9.73 Å². The molecule has 0 spiro atoms. The van der Waals surface area contributed by atoms with Crippen LogP contribution in [0.25, 0.3) is 0 Å². The highest BCUT2D eigenvalue weighted by atomic mass is 79.9. The summed E-state index contributed by atoms with van der Waals surface area (Å²) in [6.45, 7) is 0. The summed E-state index contributed by atoms with van der Waals surface area (Å²) >= 11 is 12.4. The molecule has 2 nitrogen and oxygen atoms in total. The molecule has 0 aliphatic rings. The van der Waals surface area contributed by atoms with Crippen molar-refractivity contribution in [2.24, 2.45) is 0 Å². The predicted molar refractivity (Wildman–Crippen MR) is 76.4 cm³/mol. The Morgan fingerprint density at radius 2 is 2.00 bits per heavy atom. The minimum atomic E-state index is -0.446. The Hall–Kier alpha value is -0.360. The van der Waals surface area contributed by atoms with Crippen LogP contribution in [0.1, 0.15) is 17.2 Å². The van der Waals surface area contributed by atoms with E-state index in [2.05, 4.69) is 37.2 Å². The summed E-state index contributed by atoms with van der Waals surface area (Å²) in [6, 6.07) is 4.86. The predicted octanol–water partition coefficient (Wildman–Crippen LogP) is 4.91. The second-order valence-corrected chi connectivity index (χ2v) is 5.59. The highest BCUT2D eigenvalue weighted by molar-refractivity contribution is 9.10. The van der Waals surface area contributed by atoms with Crippen molar-refractivity contribution in [3.05, 3.63) is 55.6 Å². The zero-order valence-corrected chi connectivity index (χ0v) is 13.2. The molecular formula is C12H9Br2ClFNO. The third-order valence-corrected chi connectivity index (χ3v) is 4.53. The van der Waals surface area contributed by atoms with Gasteiger partial charge in [-0.3, -0.25) is 0 Å². The van der Waals surface area contributed by atoms with Crippen molar-refractivity contribution in [1.29, 1.82) is 0 Å². The van der Waals surface area contributed by atoms with Crippen LogP contribution in [-0.4, -0.2) is 7.05 Å². The van der Waals surface area contributed by atoms with E-state index < -0.39 is 5.82 Å². The summed E-state index contributed by atoms with van der Waals surface area (Å²) in [5, 5.41) is 3.12. The Bertz CT molecular complexity index is 573. The van der Waals surface area contributed by atoms with E-state index in [4.69, 9.17) is 16.0 Å². The summed E-state index contributed by atoms with van der Waals surface area (Å²) < 4.78 is 20.5.